The number of hydrogen-bond donors (Lipinski definition) is 1. The van der Waals surface area contributed by atoms with Gasteiger partial charge in [-0.05, 0) is 18.1 Å². The van der Waals surface area contributed by atoms with Crippen LogP contribution in [0.4, 0.5) is 4.79 Å². The number of ether oxygens (including phenoxy) is 3. The lowest BCUT2D eigenvalue weighted by Crippen LogP contribution is -2.29. The van der Waals surface area contributed by atoms with Crippen LogP contribution in [-0.2, 0) is 32.2 Å². The molecular formula is C20H21NO5. The van der Waals surface area contributed by atoms with Crippen molar-refractivity contribution in [3.63, 3.8) is 0 Å². The van der Waals surface area contributed by atoms with Gasteiger partial charge in [0.2, 0.25) is 0 Å². The van der Waals surface area contributed by atoms with Crippen molar-refractivity contribution in [1.29, 1.82) is 0 Å². The van der Waals surface area contributed by atoms with Gasteiger partial charge in [-0.2, -0.15) is 0 Å². The van der Waals surface area contributed by atoms with Crippen molar-refractivity contribution in [3.05, 3.63) is 83.7 Å². The average molecular weight is 355 g/mol. The van der Waals surface area contributed by atoms with Crippen LogP contribution in [0, 0.1) is 0 Å². The molecule has 0 aliphatic heterocycles. The predicted octanol–water partition coefficient (Wildman–Crippen LogP) is 3.53. The standard InChI is InChI=1S/C20H21NO5/c1-2-25-19(22)18(15-24-13-16-9-5-3-6-10-16)21-20(23)26-14-17-11-7-4-8-12-17/h3-12,15H,2,13-14H2,1H3,(H,21,23)/b18-15+. The Hall–Kier alpha value is -3.28. The molecule has 0 bridgehead atoms. The van der Waals surface area contributed by atoms with Crippen LogP contribution in [0.1, 0.15) is 18.1 Å². The maximum atomic E-state index is 12.0. The van der Waals surface area contributed by atoms with Crippen LogP contribution in [0.2, 0.25) is 0 Å². The molecule has 0 aromatic heterocycles. The lowest BCUT2D eigenvalue weighted by molar-refractivity contribution is -0.139. The Kier molecular flexibility index (Phi) is 7.74. The van der Waals surface area contributed by atoms with E-state index in [1.165, 1.54) is 0 Å². The molecule has 0 saturated heterocycles. The van der Waals surface area contributed by atoms with Gasteiger partial charge in [0.25, 0.3) is 0 Å². The molecule has 0 heterocycles. The van der Waals surface area contributed by atoms with Gasteiger partial charge in [-0.25, -0.2) is 9.59 Å². The van der Waals surface area contributed by atoms with Crippen LogP contribution in [0.5, 0.6) is 0 Å². The molecule has 136 valence electrons. The van der Waals surface area contributed by atoms with Crippen molar-refractivity contribution in [2.24, 2.45) is 0 Å². The number of alkyl carbamates (subject to hydrolysis) is 1. The van der Waals surface area contributed by atoms with Crippen molar-refractivity contribution in [2.75, 3.05) is 6.61 Å². The predicted molar refractivity (Wildman–Crippen MR) is 95.7 cm³/mol. The molecule has 0 aliphatic rings. The summed E-state index contributed by atoms with van der Waals surface area (Å²) in [5.74, 6) is -0.697. The van der Waals surface area contributed by atoms with Crippen molar-refractivity contribution >= 4 is 12.1 Å². The first-order valence-electron chi connectivity index (χ1n) is 8.19. The quantitative estimate of drug-likeness (QED) is 0.445. The highest BCUT2D eigenvalue weighted by atomic mass is 16.6. The van der Waals surface area contributed by atoms with E-state index in [1.54, 1.807) is 6.92 Å². The number of amides is 1. The first-order chi connectivity index (χ1) is 12.7. The Bertz CT molecular complexity index is 728. The number of carbonyl (C=O) groups is 2. The summed E-state index contributed by atoms with van der Waals surface area (Å²) < 4.78 is 15.4. The van der Waals surface area contributed by atoms with Crippen LogP contribution >= 0.6 is 0 Å². The van der Waals surface area contributed by atoms with E-state index in [0.29, 0.717) is 0 Å². The smallest absolute Gasteiger partial charge is 0.412 e. The summed E-state index contributed by atoms with van der Waals surface area (Å²) in [5.41, 5.74) is 1.64. The molecule has 6 heteroatoms. The molecule has 0 spiro atoms. The molecule has 0 fully saturated rings. The molecule has 0 aliphatic carbocycles. The molecule has 6 nitrogen and oxygen atoms in total. The topological polar surface area (TPSA) is 73.9 Å². The Balaban J connectivity index is 1.91. The molecule has 0 atom stereocenters. The Morgan fingerprint density at radius 1 is 0.885 bits per heavy atom. The van der Waals surface area contributed by atoms with E-state index in [4.69, 9.17) is 14.2 Å². The normalized spacial score (nSPS) is 10.7. The van der Waals surface area contributed by atoms with Gasteiger partial charge >= 0.3 is 12.1 Å². The number of benzene rings is 2. The fraction of sp³-hybridized carbons (Fsp3) is 0.200. The van der Waals surface area contributed by atoms with Crippen molar-refractivity contribution < 1.29 is 23.8 Å². The summed E-state index contributed by atoms with van der Waals surface area (Å²) in [4.78, 5) is 23.9. The molecular weight excluding hydrogens is 334 g/mol. The zero-order valence-corrected chi connectivity index (χ0v) is 14.5. The monoisotopic (exact) mass is 355 g/mol. The summed E-state index contributed by atoms with van der Waals surface area (Å²) in [6, 6.07) is 18.7. The van der Waals surface area contributed by atoms with E-state index >= 15 is 0 Å². The van der Waals surface area contributed by atoms with Gasteiger partial charge in [0.1, 0.15) is 19.5 Å². The minimum atomic E-state index is -0.767. The largest absolute Gasteiger partial charge is 0.494 e. The molecule has 2 aromatic carbocycles. The summed E-state index contributed by atoms with van der Waals surface area (Å²) in [6.45, 7) is 2.20. The second-order valence-electron chi connectivity index (χ2n) is 5.24. The van der Waals surface area contributed by atoms with Gasteiger partial charge in [0.15, 0.2) is 5.70 Å². The third-order valence-electron chi connectivity index (χ3n) is 3.24. The van der Waals surface area contributed by atoms with Gasteiger partial charge in [0.05, 0.1) is 6.61 Å². The van der Waals surface area contributed by atoms with E-state index < -0.39 is 12.1 Å². The van der Waals surface area contributed by atoms with Gasteiger partial charge in [-0.1, -0.05) is 60.7 Å². The summed E-state index contributed by atoms with van der Waals surface area (Å²) in [6.07, 6.45) is 0.394. The van der Waals surface area contributed by atoms with Gasteiger partial charge in [-0.3, -0.25) is 5.32 Å². The van der Waals surface area contributed by atoms with E-state index in [1.807, 2.05) is 60.7 Å². The summed E-state index contributed by atoms with van der Waals surface area (Å²) >= 11 is 0. The van der Waals surface area contributed by atoms with E-state index in [-0.39, 0.29) is 25.5 Å². The summed E-state index contributed by atoms with van der Waals surface area (Å²) in [7, 11) is 0. The van der Waals surface area contributed by atoms with Crippen LogP contribution < -0.4 is 5.32 Å². The lowest BCUT2D eigenvalue weighted by Gasteiger charge is -2.10. The maximum absolute atomic E-state index is 12.0. The lowest BCUT2D eigenvalue weighted by atomic mass is 10.2. The number of esters is 1. The third kappa shape index (κ3) is 6.68. The SMILES string of the molecule is CCOC(=O)/C(=C\OCc1ccccc1)NC(=O)OCc1ccccc1. The van der Waals surface area contributed by atoms with Crippen LogP contribution in [0.3, 0.4) is 0 Å². The summed E-state index contributed by atoms with van der Waals surface area (Å²) in [5, 5.41) is 2.36. The Labute approximate surface area is 152 Å². The minimum Gasteiger partial charge on any atom is -0.494 e. The molecule has 1 amide bonds. The average Bonchev–Trinajstić information content (AvgIpc) is 2.67. The molecule has 0 unspecified atom stereocenters. The van der Waals surface area contributed by atoms with E-state index in [9.17, 15) is 9.59 Å². The second kappa shape index (κ2) is 10.6. The van der Waals surface area contributed by atoms with Crippen molar-refractivity contribution in [2.45, 2.75) is 20.1 Å². The fourth-order valence-corrected chi connectivity index (χ4v) is 2.00. The van der Waals surface area contributed by atoms with Crippen molar-refractivity contribution in [3.8, 4) is 0 Å². The highest BCUT2D eigenvalue weighted by Gasteiger charge is 2.15. The zero-order valence-electron chi connectivity index (χ0n) is 14.5. The van der Waals surface area contributed by atoms with Crippen molar-refractivity contribution in [1.82, 2.24) is 5.32 Å². The molecule has 2 aromatic rings. The number of hydrogen-bond acceptors (Lipinski definition) is 5. The van der Waals surface area contributed by atoms with Gasteiger partial charge < -0.3 is 14.2 Å². The van der Waals surface area contributed by atoms with Gasteiger partial charge in [-0.15, -0.1) is 0 Å². The zero-order chi connectivity index (χ0) is 18.6. The molecule has 26 heavy (non-hydrogen) atoms. The number of rotatable bonds is 8. The molecule has 0 saturated carbocycles. The Morgan fingerprint density at radius 3 is 2.04 bits per heavy atom. The third-order valence-corrected chi connectivity index (χ3v) is 3.24. The maximum Gasteiger partial charge on any atom is 0.412 e. The molecule has 2 rings (SSSR count). The minimum absolute atomic E-state index is 0.0909. The fourth-order valence-electron chi connectivity index (χ4n) is 2.00. The van der Waals surface area contributed by atoms with Gasteiger partial charge in [0, 0.05) is 0 Å². The number of carbonyl (C=O) groups excluding carboxylic acids is 2. The van der Waals surface area contributed by atoms with Crippen LogP contribution in [0.15, 0.2) is 72.6 Å². The molecule has 0 radical (unpaired) electrons. The first kappa shape index (κ1) is 19.1. The van der Waals surface area contributed by atoms with E-state index in [0.717, 1.165) is 17.4 Å². The second-order valence-corrected chi connectivity index (χ2v) is 5.24. The highest BCUT2D eigenvalue weighted by molar-refractivity contribution is 5.91. The Morgan fingerprint density at radius 2 is 1.46 bits per heavy atom. The number of nitrogens with one attached hydrogen (secondary N) is 1. The van der Waals surface area contributed by atoms with Crippen LogP contribution in [0.25, 0.3) is 0 Å². The highest BCUT2D eigenvalue weighted by Crippen LogP contribution is 2.05. The van der Waals surface area contributed by atoms with Crippen LogP contribution in [-0.4, -0.2) is 18.7 Å². The first-order valence-corrected chi connectivity index (χ1v) is 8.19. The van der Waals surface area contributed by atoms with E-state index in [2.05, 4.69) is 5.32 Å². The molecule has 1 N–H and O–H groups in total.